The van der Waals surface area contributed by atoms with E-state index in [1.165, 1.54) is 0 Å². The van der Waals surface area contributed by atoms with Crippen molar-refractivity contribution in [2.24, 2.45) is 5.92 Å². The van der Waals surface area contributed by atoms with Gasteiger partial charge in [-0.25, -0.2) is 0 Å². The number of alkyl halides is 3. The molecule has 114 valence electrons. The number of ether oxygens (including phenoxy) is 1. The number of rotatable bonds is 8. The Kier molecular flexibility index (Phi) is 6.78. The molecule has 0 unspecified atom stereocenters. The van der Waals surface area contributed by atoms with Crippen molar-refractivity contribution >= 4 is 0 Å². The standard InChI is InChI=1S/C14H21F3N2O/c1-11(2)9-18-10-12-8-13(4-6-19-12)20-7-3-5-14(15,16)17/h4,6,8,11,18H,3,5,7,9-10H2,1-2H3. The zero-order valence-electron chi connectivity index (χ0n) is 11.8. The summed E-state index contributed by atoms with van der Waals surface area (Å²) >= 11 is 0. The Labute approximate surface area is 117 Å². The summed E-state index contributed by atoms with van der Waals surface area (Å²) in [6.45, 7) is 5.79. The summed E-state index contributed by atoms with van der Waals surface area (Å²) in [6, 6.07) is 3.40. The highest BCUT2D eigenvalue weighted by Crippen LogP contribution is 2.21. The molecule has 0 aliphatic heterocycles. The topological polar surface area (TPSA) is 34.1 Å². The molecule has 1 aromatic heterocycles. The van der Waals surface area contributed by atoms with Crippen LogP contribution in [-0.2, 0) is 6.54 Å². The normalized spacial score (nSPS) is 11.9. The lowest BCUT2D eigenvalue weighted by atomic mass is 10.2. The number of aromatic nitrogens is 1. The van der Waals surface area contributed by atoms with Crippen LogP contribution in [-0.4, -0.2) is 24.3 Å². The molecule has 0 aromatic carbocycles. The molecule has 0 fully saturated rings. The highest BCUT2D eigenvalue weighted by Gasteiger charge is 2.26. The van der Waals surface area contributed by atoms with Crippen LogP contribution < -0.4 is 10.1 Å². The van der Waals surface area contributed by atoms with Crippen LogP contribution in [0.15, 0.2) is 18.3 Å². The van der Waals surface area contributed by atoms with Gasteiger partial charge in [-0.15, -0.1) is 0 Å². The second-order valence-electron chi connectivity index (χ2n) is 5.07. The van der Waals surface area contributed by atoms with E-state index in [4.69, 9.17) is 4.74 Å². The van der Waals surface area contributed by atoms with Crippen LogP contribution in [0.5, 0.6) is 5.75 Å². The van der Waals surface area contributed by atoms with Crippen LogP contribution in [0.4, 0.5) is 13.2 Å². The van der Waals surface area contributed by atoms with Crippen LogP contribution in [0.1, 0.15) is 32.4 Å². The van der Waals surface area contributed by atoms with Gasteiger partial charge in [0.25, 0.3) is 0 Å². The third-order valence-electron chi connectivity index (χ3n) is 2.52. The minimum absolute atomic E-state index is 0.0350. The van der Waals surface area contributed by atoms with Gasteiger partial charge in [0, 0.05) is 25.2 Å². The molecule has 0 radical (unpaired) electrons. The minimum atomic E-state index is -4.12. The first-order valence-electron chi connectivity index (χ1n) is 6.72. The summed E-state index contributed by atoms with van der Waals surface area (Å²) in [5.74, 6) is 1.11. The number of hydrogen-bond donors (Lipinski definition) is 1. The molecule has 0 atom stereocenters. The van der Waals surface area contributed by atoms with Gasteiger partial charge < -0.3 is 10.1 Å². The van der Waals surface area contributed by atoms with Crippen LogP contribution >= 0.6 is 0 Å². The number of halogens is 3. The maximum atomic E-state index is 12.0. The monoisotopic (exact) mass is 290 g/mol. The van der Waals surface area contributed by atoms with Crippen molar-refractivity contribution in [2.75, 3.05) is 13.2 Å². The molecular formula is C14H21F3N2O. The Balaban J connectivity index is 2.32. The lowest BCUT2D eigenvalue weighted by molar-refractivity contribution is -0.136. The van der Waals surface area contributed by atoms with E-state index in [-0.39, 0.29) is 13.0 Å². The molecule has 0 spiro atoms. The lowest BCUT2D eigenvalue weighted by Crippen LogP contribution is -2.19. The van der Waals surface area contributed by atoms with Gasteiger partial charge in [-0.3, -0.25) is 4.98 Å². The zero-order chi connectivity index (χ0) is 15.0. The number of hydrogen-bond acceptors (Lipinski definition) is 3. The van der Waals surface area contributed by atoms with E-state index in [0.29, 0.717) is 18.2 Å². The fraction of sp³-hybridized carbons (Fsp3) is 0.643. The van der Waals surface area contributed by atoms with Crippen molar-refractivity contribution < 1.29 is 17.9 Å². The Bertz CT molecular complexity index is 394. The van der Waals surface area contributed by atoms with E-state index in [2.05, 4.69) is 24.1 Å². The molecule has 1 N–H and O–H groups in total. The van der Waals surface area contributed by atoms with Gasteiger partial charge in [-0.2, -0.15) is 13.2 Å². The number of nitrogens with zero attached hydrogens (tertiary/aromatic N) is 1. The van der Waals surface area contributed by atoms with Crippen molar-refractivity contribution in [3.05, 3.63) is 24.0 Å². The summed E-state index contributed by atoms with van der Waals surface area (Å²) in [5, 5.41) is 3.25. The van der Waals surface area contributed by atoms with E-state index >= 15 is 0 Å². The lowest BCUT2D eigenvalue weighted by Gasteiger charge is -2.10. The second kappa shape index (κ2) is 8.09. The second-order valence-corrected chi connectivity index (χ2v) is 5.07. The van der Waals surface area contributed by atoms with E-state index in [1.54, 1.807) is 18.3 Å². The van der Waals surface area contributed by atoms with E-state index < -0.39 is 12.6 Å². The molecule has 0 bridgehead atoms. The van der Waals surface area contributed by atoms with Crippen LogP contribution in [0.3, 0.4) is 0 Å². The molecule has 3 nitrogen and oxygen atoms in total. The first-order chi connectivity index (χ1) is 9.37. The molecule has 1 rings (SSSR count). The third-order valence-corrected chi connectivity index (χ3v) is 2.52. The number of nitrogens with one attached hydrogen (secondary N) is 1. The summed E-state index contributed by atoms with van der Waals surface area (Å²) in [5.41, 5.74) is 0.818. The van der Waals surface area contributed by atoms with Crippen LogP contribution in [0.25, 0.3) is 0 Å². The average Bonchev–Trinajstić information content (AvgIpc) is 2.34. The molecule has 1 heterocycles. The Morgan fingerprint density at radius 2 is 2.10 bits per heavy atom. The fourth-order valence-corrected chi connectivity index (χ4v) is 1.59. The summed E-state index contributed by atoms with van der Waals surface area (Å²) in [7, 11) is 0. The Hall–Kier alpha value is -1.30. The minimum Gasteiger partial charge on any atom is -0.493 e. The zero-order valence-corrected chi connectivity index (χ0v) is 11.8. The van der Waals surface area contributed by atoms with E-state index in [9.17, 15) is 13.2 Å². The summed E-state index contributed by atoms with van der Waals surface area (Å²) < 4.78 is 41.2. The molecule has 0 amide bonds. The SMILES string of the molecule is CC(C)CNCc1cc(OCCCC(F)(F)F)ccn1. The summed E-state index contributed by atoms with van der Waals surface area (Å²) in [6.07, 6.45) is -3.37. The van der Waals surface area contributed by atoms with Gasteiger partial charge in [0.15, 0.2) is 0 Å². The van der Waals surface area contributed by atoms with Gasteiger partial charge in [0.1, 0.15) is 5.75 Å². The molecule has 0 aliphatic carbocycles. The first kappa shape index (κ1) is 16.8. The average molecular weight is 290 g/mol. The van der Waals surface area contributed by atoms with Crippen molar-refractivity contribution in [1.29, 1.82) is 0 Å². The largest absolute Gasteiger partial charge is 0.493 e. The van der Waals surface area contributed by atoms with Crippen molar-refractivity contribution in [3.63, 3.8) is 0 Å². The van der Waals surface area contributed by atoms with Gasteiger partial charge in [-0.1, -0.05) is 13.8 Å². The van der Waals surface area contributed by atoms with Crippen molar-refractivity contribution in [2.45, 2.75) is 39.4 Å². The Morgan fingerprint density at radius 1 is 1.35 bits per heavy atom. The smallest absolute Gasteiger partial charge is 0.389 e. The third kappa shape index (κ3) is 7.99. The molecule has 1 aromatic rings. The number of pyridine rings is 1. The molecule has 0 saturated heterocycles. The van der Waals surface area contributed by atoms with E-state index in [1.807, 2.05) is 0 Å². The van der Waals surface area contributed by atoms with Gasteiger partial charge >= 0.3 is 6.18 Å². The van der Waals surface area contributed by atoms with Gasteiger partial charge in [0.2, 0.25) is 0 Å². The van der Waals surface area contributed by atoms with Crippen LogP contribution in [0.2, 0.25) is 0 Å². The quantitative estimate of drug-likeness (QED) is 0.743. The van der Waals surface area contributed by atoms with Gasteiger partial charge in [0.05, 0.1) is 12.3 Å². The molecule has 20 heavy (non-hydrogen) atoms. The van der Waals surface area contributed by atoms with Crippen LogP contribution in [0, 0.1) is 5.92 Å². The maximum absolute atomic E-state index is 12.0. The highest BCUT2D eigenvalue weighted by molar-refractivity contribution is 5.22. The van der Waals surface area contributed by atoms with E-state index in [0.717, 1.165) is 12.2 Å². The van der Waals surface area contributed by atoms with Crippen molar-refractivity contribution in [3.8, 4) is 5.75 Å². The maximum Gasteiger partial charge on any atom is 0.389 e. The fourth-order valence-electron chi connectivity index (χ4n) is 1.59. The molecule has 6 heteroatoms. The molecule has 0 saturated carbocycles. The summed E-state index contributed by atoms with van der Waals surface area (Å²) in [4.78, 5) is 4.18. The first-order valence-corrected chi connectivity index (χ1v) is 6.72. The molecular weight excluding hydrogens is 269 g/mol. The molecule has 0 aliphatic rings. The Morgan fingerprint density at radius 3 is 2.75 bits per heavy atom. The highest BCUT2D eigenvalue weighted by atomic mass is 19.4. The predicted molar refractivity (Wildman–Crippen MR) is 71.6 cm³/mol. The van der Waals surface area contributed by atoms with Gasteiger partial charge in [-0.05, 0) is 24.9 Å². The predicted octanol–water partition coefficient (Wildman–Crippen LogP) is 3.55. The van der Waals surface area contributed by atoms with Crippen molar-refractivity contribution in [1.82, 2.24) is 10.3 Å².